The Balaban J connectivity index is 1.78. The first-order valence-electron chi connectivity index (χ1n) is 5.07. The van der Waals surface area contributed by atoms with Crippen LogP contribution in [0, 0.1) is 0 Å². The molecule has 0 aliphatic rings. The fraction of sp³-hybridized carbons (Fsp3) is 0.182. The highest BCUT2D eigenvalue weighted by Gasteiger charge is 2.03. The van der Waals surface area contributed by atoms with Crippen LogP contribution >= 0.6 is 46.3 Å². The van der Waals surface area contributed by atoms with Crippen molar-refractivity contribution in [1.82, 2.24) is 4.98 Å². The van der Waals surface area contributed by atoms with Crippen molar-refractivity contribution in [2.45, 2.75) is 4.21 Å². The van der Waals surface area contributed by atoms with E-state index in [1.54, 1.807) is 36.2 Å². The second-order valence-electron chi connectivity index (χ2n) is 3.29. The number of thiazole rings is 1. The van der Waals surface area contributed by atoms with Crippen LogP contribution in [0.2, 0.25) is 10.0 Å². The van der Waals surface area contributed by atoms with E-state index in [1.165, 1.54) is 11.3 Å². The molecule has 0 fully saturated rings. The lowest BCUT2D eigenvalue weighted by atomic mass is 10.3. The van der Waals surface area contributed by atoms with E-state index in [4.69, 9.17) is 33.7 Å². The Morgan fingerprint density at radius 1 is 1.39 bits per heavy atom. The number of nitrogens with zero attached hydrogens (tertiary/aromatic N) is 1. The molecule has 7 heteroatoms. The fourth-order valence-corrected chi connectivity index (χ4v) is 3.34. The average molecular weight is 321 g/mol. The highest BCUT2D eigenvalue weighted by Crippen LogP contribution is 2.29. The van der Waals surface area contributed by atoms with Gasteiger partial charge >= 0.3 is 0 Å². The van der Waals surface area contributed by atoms with Gasteiger partial charge in [0.2, 0.25) is 0 Å². The number of halogens is 2. The average Bonchev–Trinajstić information content (AvgIpc) is 2.73. The summed E-state index contributed by atoms with van der Waals surface area (Å²) in [6, 6.07) is 5.18. The molecular formula is C11H10Cl2N2OS2. The minimum absolute atomic E-state index is 0.523. The number of thioether (sulfide) groups is 1. The summed E-state index contributed by atoms with van der Waals surface area (Å²) in [6.07, 6.45) is 1.76. The Kier molecular flexibility index (Phi) is 5.00. The molecule has 18 heavy (non-hydrogen) atoms. The lowest BCUT2D eigenvalue weighted by Gasteiger charge is -2.07. The van der Waals surface area contributed by atoms with Crippen molar-refractivity contribution < 1.29 is 4.74 Å². The van der Waals surface area contributed by atoms with E-state index in [-0.39, 0.29) is 0 Å². The van der Waals surface area contributed by atoms with Crippen molar-refractivity contribution in [3.8, 4) is 5.75 Å². The van der Waals surface area contributed by atoms with Crippen LogP contribution in [-0.4, -0.2) is 17.3 Å². The van der Waals surface area contributed by atoms with Crippen LogP contribution in [0.25, 0.3) is 0 Å². The number of aromatic nitrogens is 1. The van der Waals surface area contributed by atoms with Crippen LogP contribution in [-0.2, 0) is 0 Å². The van der Waals surface area contributed by atoms with Gasteiger partial charge in [-0.15, -0.1) is 11.8 Å². The lowest BCUT2D eigenvalue weighted by molar-refractivity contribution is 0.344. The van der Waals surface area contributed by atoms with Crippen molar-refractivity contribution in [2.24, 2.45) is 0 Å². The van der Waals surface area contributed by atoms with Crippen LogP contribution in [0.3, 0.4) is 0 Å². The number of hydrogen-bond donors (Lipinski definition) is 1. The maximum absolute atomic E-state index is 5.99. The zero-order chi connectivity index (χ0) is 13.0. The molecule has 3 nitrogen and oxygen atoms in total. The van der Waals surface area contributed by atoms with Gasteiger partial charge in [-0.1, -0.05) is 34.5 Å². The van der Waals surface area contributed by atoms with Gasteiger partial charge in [0, 0.05) is 10.8 Å². The molecule has 0 bridgehead atoms. The Morgan fingerprint density at radius 2 is 2.22 bits per heavy atom. The fourth-order valence-electron chi connectivity index (χ4n) is 1.22. The third-order valence-electron chi connectivity index (χ3n) is 1.98. The molecule has 0 saturated heterocycles. The second-order valence-corrected chi connectivity index (χ2v) is 6.59. The zero-order valence-corrected chi connectivity index (χ0v) is 12.4. The molecule has 1 aromatic carbocycles. The normalized spacial score (nSPS) is 10.6. The molecular weight excluding hydrogens is 311 g/mol. The Hall–Kier alpha value is -0.620. The van der Waals surface area contributed by atoms with Crippen molar-refractivity contribution >= 4 is 51.4 Å². The summed E-state index contributed by atoms with van der Waals surface area (Å²) < 4.78 is 6.64. The molecule has 1 heterocycles. The summed E-state index contributed by atoms with van der Waals surface area (Å²) in [5.41, 5.74) is 5.54. The van der Waals surface area contributed by atoms with Gasteiger partial charge < -0.3 is 10.5 Å². The SMILES string of the molecule is Nc1ncc(SCCOc2ccc(Cl)cc2Cl)s1. The summed E-state index contributed by atoms with van der Waals surface area (Å²) in [5, 5.41) is 1.70. The van der Waals surface area contributed by atoms with Crippen LogP contribution < -0.4 is 10.5 Å². The molecule has 0 aliphatic heterocycles. The Morgan fingerprint density at radius 3 is 2.89 bits per heavy atom. The van der Waals surface area contributed by atoms with Gasteiger partial charge in [-0.3, -0.25) is 0 Å². The van der Waals surface area contributed by atoms with Crippen LogP contribution in [0.1, 0.15) is 0 Å². The predicted molar refractivity (Wildman–Crippen MR) is 79.2 cm³/mol. The third-order valence-corrected chi connectivity index (χ3v) is 4.50. The van der Waals surface area contributed by atoms with Crippen molar-refractivity contribution in [3.63, 3.8) is 0 Å². The van der Waals surface area contributed by atoms with Crippen LogP contribution in [0.4, 0.5) is 5.13 Å². The topological polar surface area (TPSA) is 48.1 Å². The smallest absolute Gasteiger partial charge is 0.181 e. The first kappa shape index (κ1) is 13.8. The minimum atomic E-state index is 0.523. The highest BCUT2D eigenvalue weighted by atomic mass is 35.5. The molecule has 0 unspecified atom stereocenters. The lowest BCUT2D eigenvalue weighted by Crippen LogP contribution is -2.00. The van der Waals surface area contributed by atoms with Gasteiger partial charge in [-0.25, -0.2) is 4.98 Å². The maximum atomic E-state index is 5.99. The number of benzene rings is 1. The van der Waals surface area contributed by atoms with E-state index in [1.807, 2.05) is 0 Å². The summed E-state index contributed by atoms with van der Waals surface area (Å²) in [4.78, 5) is 3.98. The minimum Gasteiger partial charge on any atom is -0.491 e. The van der Waals surface area contributed by atoms with E-state index >= 15 is 0 Å². The van der Waals surface area contributed by atoms with E-state index < -0.39 is 0 Å². The molecule has 2 N–H and O–H groups in total. The molecule has 0 spiro atoms. The second kappa shape index (κ2) is 6.52. The zero-order valence-electron chi connectivity index (χ0n) is 9.23. The summed E-state index contributed by atoms with van der Waals surface area (Å²) in [6.45, 7) is 0.559. The molecule has 0 radical (unpaired) electrons. The first-order valence-corrected chi connectivity index (χ1v) is 7.63. The van der Waals surface area contributed by atoms with Gasteiger partial charge in [0.05, 0.1) is 22.0 Å². The first-order chi connectivity index (χ1) is 8.65. The largest absolute Gasteiger partial charge is 0.491 e. The van der Waals surface area contributed by atoms with Crippen LogP contribution in [0.15, 0.2) is 28.6 Å². The standard InChI is InChI=1S/C11H10Cl2N2OS2/c12-7-1-2-9(8(13)5-7)16-3-4-17-10-6-15-11(14)18-10/h1-2,5-6H,3-4H2,(H2,14,15). The van der Waals surface area contributed by atoms with Crippen molar-refractivity contribution in [1.29, 1.82) is 0 Å². The van der Waals surface area contributed by atoms with Gasteiger partial charge in [-0.2, -0.15) is 0 Å². The maximum Gasteiger partial charge on any atom is 0.181 e. The molecule has 0 saturated carbocycles. The Labute approximate surface area is 123 Å². The predicted octanol–water partition coefficient (Wildman–Crippen LogP) is 4.20. The summed E-state index contributed by atoms with van der Waals surface area (Å²) >= 11 is 14.9. The molecule has 1 aromatic heterocycles. The molecule has 0 aliphatic carbocycles. The summed E-state index contributed by atoms with van der Waals surface area (Å²) in [5.74, 6) is 1.45. The number of rotatable bonds is 5. The molecule has 2 aromatic rings. The molecule has 96 valence electrons. The van der Waals surface area contributed by atoms with Gasteiger partial charge in [0.15, 0.2) is 5.13 Å². The third kappa shape index (κ3) is 3.95. The van der Waals surface area contributed by atoms with Crippen LogP contribution in [0.5, 0.6) is 5.75 Å². The number of anilines is 1. The highest BCUT2D eigenvalue weighted by molar-refractivity contribution is 8.01. The number of nitrogens with two attached hydrogens (primary N) is 1. The Bertz CT molecular complexity index is 534. The van der Waals surface area contributed by atoms with Gasteiger partial charge in [0.1, 0.15) is 5.75 Å². The van der Waals surface area contributed by atoms with Crippen molar-refractivity contribution in [3.05, 3.63) is 34.4 Å². The van der Waals surface area contributed by atoms with E-state index in [2.05, 4.69) is 4.98 Å². The van der Waals surface area contributed by atoms with Crippen molar-refractivity contribution in [2.75, 3.05) is 18.1 Å². The molecule has 2 rings (SSSR count). The number of ether oxygens (including phenoxy) is 1. The number of nitrogen functional groups attached to an aromatic ring is 1. The van der Waals surface area contributed by atoms with E-state index in [9.17, 15) is 0 Å². The van der Waals surface area contributed by atoms with E-state index in [0.29, 0.717) is 27.5 Å². The molecule has 0 amide bonds. The van der Waals surface area contributed by atoms with Gasteiger partial charge in [0.25, 0.3) is 0 Å². The number of hydrogen-bond acceptors (Lipinski definition) is 5. The summed E-state index contributed by atoms with van der Waals surface area (Å²) in [7, 11) is 0. The molecule has 0 atom stereocenters. The van der Waals surface area contributed by atoms with Gasteiger partial charge in [-0.05, 0) is 18.2 Å². The monoisotopic (exact) mass is 320 g/mol. The van der Waals surface area contributed by atoms with E-state index in [0.717, 1.165) is 9.96 Å². The quantitative estimate of drug-likeness (QED) is 0.662.